The van der Waals surface area contributed by atoms with Crippen LogP contribution >= 0.6 is 11.8 Å². The number of imidazole rings is 1. The highest BCUT2D eigenvalue weighted by atomic mass is 32.2. The lowest BCUT2D eigenvalue weighted by Crippen LogP contribution is -2.42. The normalized spacial score (nSPS) is 16.9. The van der Waals surface area contributed by atoms with Gasteiger partial charge in [0.2, 0.25) is 5.91 Å². The van der Waals surface area contributed by atoms with E-state index in [0.717, 1.165) is 41.5 Å². The molecule has 1 aromatic heterocycles. The molecule has 0 bridgehead atoms. The first kappa shape index (κ1) is 18.8. The first-order valence-electron chi connectivity index (χ1n) is 9.85. The molecule has 5 heteroatoms. The van der Waals surface area contributed by atoms with Crippen LogP contribution in [0.5, 0.6) is 0 Å². The monoisotopic (exact) mass is 391 g/mol. The van der Waals surface area contributed by atoms with Crippen molar-refractivity contribution in [1.82, 2.24) is 14.5 Å². The third-order valence-electron chi connectivity index (χ3n) is 5.23. The molecule has 0 radical (unpaired) electrons. The second-order valence-electron chi connectivity index (χ2n) is 7.20. The molecule has 28 heavy (non-hydrogen) atoms. The van der Waals surface area contributed by atoms with Gasteiger partial charge in [0.15, 0.2) is 5.16 Å². The second kappa shape index (κ2) is 8.65. The Morgan fingerprint density at radius 1 is 1.07 bits per heavy atom. The second-order valence-corrected chi connectivity index (χ2v) is 8.14. The van der Waals surface area contributed by atoms with Crippen molar-refractivity contribution in [2.45, 2.75) is 37.4 Å². The van der Waals surface area contributed by atoms with Crippen LogP contribution < -0.4 is 0 Å². The van der Waals surface area contributed by atoms with Crippen LogP contribution in [0, 0.1) is 0 Å². The topological polar surface area (TPSA) is 38.1 Å². The molecule has 2 heterocycles. The minimum absolute atomic E-state index is 0.209. The van der Waals surface area contributed by atoms with Crippen molar-refractivity contribution in [2.24, 2.45) is 0 Å². The molecule has 4 rings (SSSR count). The van der Waals surface area contributed by atoms with E-state index < -0.39 is 0 Å². The van der Waals surface area contributed by atoms with Gasteiger partial charge >= 0.3 is 0 Å². The number of hydrogen-bond acceptors (Lipinski definition) is 3. The van der Waals surface area contributed by atoms with Crippen LogP contribution in [-0.2, 0) is 4.79 Å². The van der Waals surface area contributed by atoms with E-state index in [1.54, 1.807) is 0 Å². The predicted molar refractivity (Wildman–Crippen MR) is 115 cm³/mol. The van der Waals surface area contributed by atoms with Gasteiger partial charge in [-0.05, 0) is 38.3 Å². The highest BCUT2D eigenvalue weighted by Crippen LogP contribution is 2.28. The summed E-state index contributed by atoms with van der Waals surface area (Å²) in [5.41, 5.74) is 3.05. The average molecular weight is 392 g/mol. The van der Waals surface area contributed by atoms with Crippen LogP contribution in [0.2, 0.25) is 0 Å². The largest absolute Gasteiger partial charge is 0.339 e. The van der Waals surface area contributed by atoms with E-state index in [0.29, 0.717) is 11.8 Å². The Morgan fingerprint density at radius 2 is 1.79 bits per heavy atom. The quantitative estimate of drug-likeness (QED) is 0.572. The van der Waals surface area contributed by atoms with Gasteiger partial charge in [-0.25, -0.2) is 4.98 Å². The Morgan fingerprint density at radius 3 is 2.50 bits per heavy atom. The van der Waals surface area contributed by atoms with E-state index >= 15 is 0 Å². The summed E-state index contributed by atoms with van der Waals surface area (Å²) < 4.78 is 2.08. The number of thioether (sulfide) groups is 1. The fourth-order valence-corrected chi connectivity index (χ4v) is 4.54. The van der Waals surface area contributed by atoms with E-state index in [-0.39, 0.29) is 5.91 Å². The molecule has 1 unspecified atom stereocenters. The number of para-hydroxylation sites is 1. The number of hydrogen-bond donors (Lipinski definition) is 0. The molecular weight excluding hydrogens is 366 g/mol. The molecule has 1 saturated heterocycles. The standard InChI is InChI=1S/C23H25N3OS/c1-18-10-8-9-15-25(18)22(27)17-28-23-24-21(19-11-4-2-5-12-19)16-26(23)20-13-6-3-7-14-20/h2-7,11-14,16,18H,8-10,15,17H2,1H3. The zero-order chi connectivity index (χ0) is 19.3. The maximum absolute atomic E-state index is 12.8. The number of carbonyl (C=O) groups is 1. The van der Waals surface area contributed by atoms with Gasteiger partial charge in [0.25, 0.3) is 0 Å². The molecule has 0 saturated carbocycles. The van der Waals surface area contributed by atoms with E-state index in [1.165, 1.54) is 18.2 Å². The molecule has 4 nitrogen and oxygen atoms in total. The maximum atomic E-state index is 12.8. The van der Waals surface area contributed by atoms with E-state index in [1.807, 2.05) is 41.3 Å². The summed E-state index contributed by atoms with van der Waals surface area (Å²) in [6, 6.07) is 20.7. The van der Waals surface area contributed by atoms with Crippen molar-refractivity contribution in [3.63, 3.8) is 0 Å². The van der Waals surface area contributed by atoms with Gasteiger partial charge in [0, 0.05) is 30.0 Å². The van der Waals surface area contributed by atoms with E-state index in [2.05, 4.69) is 42.0 Å². The molecule has 2 aromatic carbocycles. The molecule has 0 aliphatic carbocycles. The van der Waals surface area contributed by atoms with E-state index in [9.17, 15) is 4.79 Å². The molecule has 3 aromatic rings. The minimum Gasteiger partial charge on any atom is -0.339 e. The molecule has 1 aliphatic heterocycles. The molecule has 144 valence electrons. The molecule has 1 fully saturated rings. The number of carbonyl (C=O) groups excluding carboxylic acids is 1. The van der Waals surface area contributed by atoms with Crippen LogP contribution in [0.25, 0.3) is 16.9 Å². The Labute approximate surface area is 170 Å². The van der Waals surface area contributed by atoms with Crippen molar-refractivity contribution in [2.75, 3.05) is 12.3 Å². The minimum atomic E-state index is 0.209. The number of likely N-dealkylation sites (tertiary alicyclic amines) is 1. The fourth-order valence-electron chi connectivity index (χ4n) is 3.66. The maximum Gasteiger partial charge on any atom is 0.233 e. The Balaban J connectivity index is 1.58. The lowest BCUT2D eigenvalue weighted by Gasteiger charge is -2.33. The lowest BCUT2D eigenvalue weighted by molar-refractivity contribution is -0.131. The Bertz CT molecular complexity index is 924. The molecular formula is C23H25N3OS. The van der Waals surface area contributed by atoms with Crippen molar-refractivity contribution in [3.8, 4) is 16.9 Å². The number of aromatic nitrogens is 2. The van der Waals surface area contributed by atoms with Crippen molar-refractivity contribution < 1.29 is 4.79 Å². The zero-order valence-corrected chi connectivity index (χ0v) is 16.9. The van der Waals surface area contributed by atoms with Gasteiger partial charge in [-0.1, -0.05) is 60.3 Å². The molecule has 1 atom stereocenters. The van der Waals surface area contributed by atoms with Crippen molar-refractivity contribution in [1.29, 1.82) is 0 Å². The van der Waals surface area contributed by atoms with Gasteiger partial charge < -0.3 is 4.90 Å². The number of nitrogens with zero attached hydrogens (tertiary/aromatic N) is 3. The summed E-state index contributed by atoms with van der Waals surface area (Å²) >= 11 is 1.52. The third kappa shape index (κ3) is 4.14. The molecule has 1 aliphatic rings. The zero-order valence-electron chi connectivity index (χ0n) is 16.1. The van der Waals surface area contributed by atoms with Crippen molar-refractivity contribution in [3.05, 3.63) is 66.9 Å². The number of amides is 1. The summed E-state index contributed by atoms with van der Waals surface area (Å²) in [7, 11) is 0. The molecule has 0 spiro atoms. The summed E-state index contributed by atoms with van der Waals surface area (Å²) in [5, 5.41) is 0.850. The van der Waals surface area contributed by atoms with Crippen LogP contribution in [-0.4, -0.2) is 38.7 Å². The first-order chi connectivity index (χ1) is 13.7. The van der Waals surface area contributed by atoms with Gasteiger partial charge in [-0.15, -0.1) is 0 Å². The highest BCUT2D eigenvalue weighted by Gasteiger charge is 2.23. The van der Waals surface area contributed by atoms with Gasteiger partial charge in [0.1, 0.15) is 0 Å². The number of piperidine rings is 1. The SMILES string of the molecule is CC1CCCCN1C(=O)CSc1nc(-c2ccccc2)cn1-c1ccccc1. The summed E-state index contributed by atoms with van der Waals surface area (Å²) in [4.78, 5) is 19.7. The summed E-state index contributed by atoms with van der Waals surface area (Å²) in [6.45, 7) is 3.03. The van der Waals surface area contributed by atoms with Gasteiger partial charge in [-0.3, -0.25) is 9.36 Å². The Hall–Kier alpha value is -2.53. The van der Waals surface area contributed by atoms with Crippen LogP contribution in [0.3, 0.4) is 0 Å². The third-order valence-corrected chi connectivity index (χ3v) is 6.16. The summed E-state index contributed by atoms with van der Waals surface area (Å²) in [6.07, 6.45) is 5.49. The predicted octanol–water partition coefficient (Wildman–Crippen LogP) is 5.03. The molecule has 0 N–H and O–H groups in total. The van der Waals surface area contributed by atoms with Gasteiger partial charge in [-0.2, -0.15) is 0 Å². The van der Waals surface area contributed by atoms with Crippen molar-refractivity contribution >= 4 is 17.7 Å². The molecule has 1 amide bonds. The van der Waals surface area contributed by atoms with Crippen LogP contribution in [0.1, 0.15) is 26.2 Å². The van der Waals surface area contributed by atoms with Crippen LogP contribution in [0.15, 0.2) is 72.0 Å². The first-order valence-corrected chi connectivity index (χ1v) is 10.8. The highest BCUT2D eigenvalue weighted by molar-refractivity contribution is 7.99. The number of benzene rings is 2. The number of rotatable bonds is 5. The summed E-state index contributed by atoms with van der Waals surface area (Å²) in [5.74, 6) is 0.628. The van der Waals surface area contributed by atoms with Crippen LogP contribution in [0.4, 0.5) is 0 Å². The fraction of sp³-hybridized carbons (Fsp3) is 0.304. The van der Waals surface area contributed by atoms with Gasteiger partial charge in [0.05, 0.1) is 11.4 Å². The van der Waals surface area contributed by atoms with E-state index in [4.69, 9.17) is 4.98 Å². The Kier molecular flexibility index (Phi) is 5.81. The lowest BCUT2D eigenvalue weighted by atomic mass is 10.0. The average Bonchev–Trinajstić information content (AvgIpc) is 3.18. The smallest absolute Gasteiger partial charge is 0.233 e.